The Morgan fingerprint density at radius 3 is 2.26 bits per heavy atom. The molecular formula is C17H10NNaO4. The molecule has 3 aromatic rings. The molecule has 0 spiro atoms. The number of rotatable bonds is 3. The zero-order valence-corrected chi connectivity index (χ0v) is 14.3. The minimum absolute atomic E-state index is 0. The van der Waals surface area contributed by atoms with Crippen molar-refractivity contribution in [2.45, 2.75) is 0 Å². The van der Waals surface area contributed by atoms with Crippen molar-refractivity contribution in [1.82, 2.24) is 4.98 Å². The first kappa shape index (κ1) is 17.1. The van der Waals surface area contributed by atoms with E-state index in [1.807, 2.05) is 6.07 Å². The van der Waals surface area contributed by atoms with Gasteiger partial charge in [0.25, 0.3) is 0 Å². The van der Waals surface area contributed by atoms with Crippen LogP contribution in [0.4, 0.5) is 0 Å². The number of hydrogen-bond acceptors (Lipinski definition) is 4. The molecule has 5 nitrogen and oxygen atoms in total. The zero-order valence-electron chi connectivity index (χ0n) is 12.3. The van der Waals surface area contributed by atoms with Crippen LogP contribution < -0.4 is 40.1 Å². The molecule has 0 fully saturated rings. The molecule has 0 bridgehead atoms. The molecule has 1 heterocycles. The predicted molar refractivity (Wildman–Crippen MR) is 78.8 cm³/mol. The summed E-state index contributed by atoms with van der Waals surface area (Å²) in [5.74, 6) is -1.66. The maximum Gasteiger partial charge on any atom is 1.00 e. The second kappa shape index (κ2) is 6.91. The molecule has 23 heavy (non-hydrogen) atoms. The Bertz CT molecular complexity index is 948. The third kappa shape index (κ3) is 3.42. The monoisotopic (exact) mass is 315 g/mol. The van der Waals surface area contributed by atoms with Crippen molar-refractivity contribution in [1.29, 1.82) is 0 Å². The minimum Gasteiger partial charge on any atom is -0.543 e. The van der Waals surface area contributed by atoms with Crippen LogP contribution in [0.3, 0.4) is 0 Å². The molecule has 0 aliphatic carbocycles. The number of benzene rings is 2. The Morgan fingerprint density at radius 1 is 0.913 bits per heavy atom. The number of hydrogen-bond donors (Lipinski definition) is 1. The topological polar surface area (TPSA) is 90.1 Å². The van der Waals surface area contributed by atoms with Crippen LogP contribution in [0.1, 0.15) is 26.4 Å². The Labute approximate surface area is 153 Å². The molecule has 3 rings (SSSR count). The Balaban J connectivity index is 0.00000192. The molecule has 0 saturated heterocycles. The molecule has 0 unspecified atom stereocenters. The van der Waals surface area contributed by atoms with Gasteiger partial charge in [0.05, 0.1) is 11.7 Å². The first-order chi connectivity index (χ1) is 10.6. The van der Waals surface area contributed by atoms with Gasteiger partial charge in [0.1, 0.15) is 0 Å². The van der Waals surface area contributed by atoms with Crippen LogP contribution in [0.2, 0.25) is 0 Å². The molecule has 1 N–H and O–H groups in total. The van der Waals surface area contributed by atoms with Crippen molar-refractivity contribution >= 4 is 22.7 Å². The number of aromatic amines is 1. The van der Waals surface area contributed by atoms with E-state index < -0.39 is 11.4 Å². The van der Waals surface area contributed by atoms with Gasteiger partial charge in [0.2, 0.25) is 0 Å². The van der Waals surface area contributed by atoms with Crippen LogP contribution in [-0.2, 0) is 0 Å². The average molecular weight is 315 g/mol. The summed E-state index contributed by atoms with van der Waals surface area (Å²) in [6.07, 6.45) is 0. The average Bonchev–Trinajstić information content (AvgIpc) is 2.54. The van der Waals surface area contributed by atoms with Crippen molar-refractivity contribution in [2.75, 3.05) is 0 Å². The van der Waals surface area contributed by atoms with Gasteiger partial charge in [-0.15, -0.1) is 0 Å². The largest absolute Gasteiger partial charge is 1.00 e. The molecule has 0 atom stereocenters. The Morgan fingerprint density at radius 2 is 1.61 bits per heavy atom. The number of aromatic carboxylic acids is 1. The van der Waals surface area contributed by atoms with Gasteiger partial charge in [-0.3, -0.25) is 9.59 Å². The third-order valence-electron chi connectivity index (χ3n) is 3.35. The molecule has 2 aromatic carbocycles. The van der Waals surface area contributed by atoms with E-state index in [-0.39, 0.29) is 46.4 Å². The molecule has 0 aliphatic rings. The molecule has 0 aliphatic heterocycles. The van der Waals surface area contributed by atoms with Crippen molar-refractivity contribution in [3.8, 4) is 0 Å². The van der Waals surface area contributed by atoms with Crippen molar-refractivity contribution in [3.05, 3.63) is 81.6 Å². The van der Waals surface area contributed by atoms with E-state index in [4.69, 9.17) is 0 Å². The minimum atomic E-state index is -1.46. The van der Waals surface area contributed by atoms with Crippen molar-refractivity contribution in [3.63, 3.8) is 0 Å². The van der Waals surface area contributed by atoms with Crippen LogP contribution in [0.15, 0.2) is 59.4 Å². The van der Waals surface area contributed by atoms with Gasteiger partial charge >= 0.3 is 29.6 Å². The fourth-order valence-corrected chi connectivity index (χ4v) is 2.25. The number of carbonyl (C=O) groups is 2. The van der Waals surface area contributed by atoms with E-state index in [1.165, 1.54) is 12.1 Å². The third-order valence-corrected chi connectivity index (χ3v) is 3.35. The molecular weight excluding hydrogens is 305 g/mol. The second-order valence-corrected chi connectivity index (χ2v) is 4.79. The molecule has 6 heteroatoms. The van der Waals surface area contributed by atoms with Crippen LogP contribution in [-0.4, -0.2) is 16.7 Å². The van der Waals surface area contributed by atoms with Gasteiger partial charge in [0, 0.05) is 28.1 Å². The normalized spacial score (nSPS) is 10.1. The number of fused-ring (bicyclic) bond motifs is 1. The van der Waals surface area contributed by atoms with Crippen molar-refractivity contribution < 1.29 is 44.3 Å². The Hall–Kier alpha value is -2.21. The van der Waals surface area contributed by atoms with E-state index in [9.17, 15) is 19.5 Å². The molecule has 0 saturated carbocycles. The molecule has 0 radical (unpaired) electrons. The zero-order chi connectivity index (χ0) is 15.7. The number of carboxylic acid groups (broad SMARTS) is 1. The second-order valence-electron chi connectivity index (χ2n) is 4.79. The fourth-order valence-electron chi connectivity index (χ4n) is 2.25. The van der Waals surface area contributed by atoms with Crippen LogP contribution in [0, 0.1) is 0 Å². The first-order valence-electron chi connectivity index (χ1n) is 6.54. The van der Waals surface area contributed by atoms with Gasteiger partial charge in [-0.2, -0.15) is 0 Å². The van der Waals surface area contributed by atoms with Crippen LogP contribution in [0.25, 0.3) is 10.9 Å². The summed E-state index contributed by atoms with van der Waals surface area (Å²) in [6.45, 7) is 0. The Kier molecular flexibility index (Phi) is 5.15. The summed E-state index contributed by atoms with van der Waals surface area (Å²) in [5, 5.41) is 11.1. The van der Waals surface area contributed by atoms with E-state index >= 15 is 0 Å². The summed E-state index contributed by atoms with van der Waals surface area (Å²) in [6, 6.07) is 14.2. The summed E-state index contributed by atoms with van der Waals surface area (Å²) in [4.78, 5) is 37.8. The van der Waals surface area contributed by atoms with Gasteiger partial charge < -0.3 is 14.9 Å². The summed E-state index contributed by atoms with van der Waals surface area (Å²) < 4.78 is 0. The molecule has 0 amide bonds. The SMILES string of the molecule is O=C(c1ccccc1)c1ccc2[nH]c(C(=O)[O-])cc(=O)c2c1.[Na+]. The molecule has 1 aromatic heterocycles. The quantitative estimate of drug-likeness (QED) is 0.453. The summed E-state index contributed by atoms with van der Waals surface area (Å²) in [7, 11) is 0. The summed E-state index contributed by atoms with van der Waals surface area (Å²) >= 11 is 0. The number of nitrogens with one attached hydrogen (secondary N) is 1. The maximum absolute atomic E-state index is 12.4. The van der Waals surface area contributed by atoms with Gasteiger partial charge in [-0.25, -0.2) is 0 Å². The van der Waals surface area contributed by atoms with E-state index in [0.29, 0.717) is 16.6 Å². The number of H-pyrrole nitrogens is 1. The standard InChI is InChI=1S/C17H11NO4.Na/c19-15-9-14(17(21)22)18-13-7-6-11(8-12(13)15)16(20)10-4-2-1-3-5-10;/h1-9H,(H,18,19)(H,21,22);/q;+1/p-1. The number of carbonyl (C=O) groups excluding carboxylic acids is 2. The maximum atomic E-state index is 12.4. The van der Waals surface area contributed by atoms with E-state index in [1.54, 1.807) is 30.3 Å². The van der Waals surface area contributed by atoms with Crippen LogP contribution >= 0.6 is 0 Å². The fraction of sp³-hybridized carbons (Fsp3) is 0. The predicted octanol–water partition coefficient (Wildman–Crippen LogP) is -1.87. The number of ketones is 1. The van der Waals surface area contributed by atoms with Gasteiger partial charge in [-0.1, -0.05) is 30.3 Å². The smallest absolute Gasteiger partial charge is 0.543 e. The van der Waals surface area contributed by atoms with Gasteiger partial charge in [-0.05, 0) is 18.2 Å². The van der Waals surface area contributed by atoms with Crippen LogP contribution in [0.5, 0.6) is 0 Å². The summed E-state index contributed by atoms with van der Waals surface area (Å²) in [5.41, 5.74) is 0.460. The molecule has 108 valence electrons. The van der Waals surface area contributed by atoms with E-state index in [0.717, 1.165) is 6.07 Å². The van der Waals surface area contributed by atoms with E-state index in [2.05, 4.69) is 4.98 Å². The van der Waals surface area contributed by atoms with Crippen molar-refractivity contribution in [2.24, 2.45) is 0 Å². The van der Waals surface area contributed by atoms with Gasteiger partial charge in [0.15, 0.2) is 11.2 Å². The number of carboxylic acids is 1. The number of aromatic nitrogens is 1. The first-order valence-corrected chi connectivity index (χ1v) is 6.54. The number of pyridine rings is 1.